The molecule has 2 nitrogen and oxygen atoms in total. The smallest absolute Gasteiger partial charge is 0.0674 e. The van der Waals surface area contributed by atoms with E-state index in [9.17, 15) is 0 Å². The van der Waals surface area contributed by atoms with E-state index in [2.05, 4.69) is 66.4 Å². The predicted octanol–water partition coefficient (Wildman–Crippen LogP) is 3.93. The fourth-order valence-electron chi connectivity index (χ4n) is 2.82. The van der Waals surface area contributed by atoms with Gasteiger partial charge in [-0.05, 0) is 36.1 Å². The van der Waals surface area contributed by atoms with Crippen molar-refractivity contribution in [3.8, 4) is 0 Å². The largest absolute Gasteiger partial charge is 0.294 e. The van der Waals surface area contributed by atoms with E-state index < -0.39 is 0 Å². The molecule has 1 aliphatic rings. The summed E-state index contributed by atoms with van der Waals surface area (Å²) < 4.78 is 0. The molecule has 0 unspecified atom stereocenters. The summed E-state index contributed by atoms with van der Waals surface area (Å²) in [5.41, 5.74) is 5.07. The molecular weight excluding hydrogens is 256 g/mol. The van der Waals surface area contributed by atoms with E-state index in [4.69, 9.17) is 4.98 Å². The van der Waals surface area contributed by atoms with Gasteiger partial charge in [0.25, 0.3) is 0 Å². The van der Waals surface area contributed by atoms with Gasteiger partial charge in [-0.3, -0.25) is 9.88 Å². The zero-order valence-corrected chi connectivity index (χ0v) is 12.6. The first-order chi connectivity index (χ1) is 10.3. The van der Waals surface area contributed by atoms with Crippen LogP contribution in [0.25, 0.3) is 5.57 Å². The summed E-state index contributed by atoms with van der Waals surface area (Å²) in [6.07, 6.45) is 4.46. The molecule has 0 saturated heterocycles. The summed E-state index contributed by atoms with van der Waals surface area (Å²) in [4.78, 5) is 7.27. The molecule has 1 aromatic heterocycles. The van der Waals surface area contributed by atoms with Crippen molar-refractivity contribution in [1.82, 2.24) is 9.88 Å². The van der Waals surface area contributed by atoms with Gasteiger partial charge in [0.2, 0.25) is 0 Å². The Morgan fingerprint density at radius 1 is 1.05 bits per heavy atom. The molecule has 0 amide bonds. The fourth-order valence-corrected chi connectivity index (χ4v) is 2.82. The molecule has 2 heterocycles. The Kier molecular flexibility index (Phi) is 4.46. The quantitative estimate of drug-likeness (QED) is 0.842. The van der Waals surface area contributed by atoms with Gasteiger partial charge in [-0.25, -0.2) is 0 Å². The monoisotopic (exact) mass is 278 g/mol. The maximum absolute atomic E-state index is 4.76. The molecule has 2 aromatic rings. The van der Waals surface area contributed by atoms with Crippen LogP contribution in [-0.4, -0.2) is 23.0 Å². The van der Waals surface area contributed by atoms with Crippen LogP contribution in [0.5, 0.6) is 0 Å². The van der Waals surface area contributed by atoms with E-state index in [1.165, 1.54) is 16.8 Å². The summed E-state index contributed by atoms with van der Waals surface area (Å²) in [6, 6.07) is 17.1. The molecule has 0 fully saturated rings. The van der Waals surface area contributed by atoms with Crippen LogP contribution in [0, 0.1) is 0 Å². The SMILES string of the molecule is CCc1cccc(C2=CCCN(Cc3ccccc3)C2)n1. The highest BCUT2D eigenvalue weighted by molar-refractivity contribution is 5.64. The number of hydrogen-bond donors (Lipinski definition) is 0. The van der Waals surface area contributed by atoms with Crippen molar-refractivity contribution in [1.29, 1.82) is 0 Å². The Balaban J connectivity index is 1.71. The van der Waals surface area contributed by atoms with E-state index >= 15 is 0 Å². The lowest BCUT2D eigenvalue weighted by atomic mass is 10.0. The maximum Gasteiger partial charge on any atom is 0.0674 e. The van der Waals surface area contributed by atoms with Gasteiger partial charge < -0.3 is 0 Å². The van der Waals surface area contributed by atoms with Crippen LogP contribution in [-0.2, 0) is 13.0 Å². The maximum atomic E-state index is 4.76. The standard InChI is InChI=1S/C19H22N2/c1-2-18-11-6-12-19(20-18)17-10-7-13-21(15-17)14-16-8-4-3-5-9-16/h3-6,8-12H,2,7,13-15H2,1H3. The Hall–Kier alpha value is -1.93. The molecule has 0 spiro atoms. The van der Waals surface area contributed by atoms with Gasteiger partial charge in [-0.1, -0.05) is 49.4 Å². The van der Waals surface area contributed by atoms with Crippen molar-refractivity contribution < 1.29 is 0 Å². The molecule has 0 bridgehead atoms. The van der Waals surface area contributed by atoms with Crippen molar-refractivity contribution in [3.05, 3.63) is 71.6 Å². The first-order valence-electron chi connectivity index (χ1n) is 7.77. The highest BCUT2D eigenvalue weighted by Gasteiger charge is 2.15. The first kappa shape index (κ1) is 14.0. The lowest BCUT2D eigenvalue weighted by Gasteiger charge is -2.27. The Bertz CT molecular complexity index is 616. The number of rotatable bonds is 4. The number of pyridine rings is 1. The molecule has 21 heavy (non-hydrogen) atoms. The number of hydrogen-bond acceptors (Lipinski definition) is 2. The van der Waals surface area contributed by atoms with Gasteiger partial charge in [-0.2, -0.15) is 0 Å². The molecule has 1 aromatic carbocycles. The summed E-state index contributed by atoms with van der Waals surface area (Å²) in [5, 5.41) is 0. The minimum atomic E-state index is 0.995. The third-order valence-electron chi connectivity index (χ3n) is 3.98. The van der Waals surface area contributed by atoms with Crippen molar-refractivity contribution in [2.45, 2.75) is 26.3 Å². The molecule has 2 heteroatoms. The third-order valence-corrected chi connectivity index (χ3v) is 3.98. The van der Waals surface area contributed by atoms with Crippen LogP contribution in [0.2, 0.25) is 0 Å². The van der Waals surface area contributed by atoms with Gasteiger partial charge >= 0.3 is 0 Å². The van der Waals surface area contributed by atoms with E-state index in [0.29, 0.717) is 0 Å². The molecule has 0 aliphatic carbocycles. The van der Waals surface area contributed by atoms with Gasteiger partial charge in [-0.15, -0.1) is 0 Å². The van der Waals surface area contributed by atoms with E-state index in [1.54, 1.807) is 0 Å². The van der Waals surface area contributed by atoms with Crippen LogP contribution < -0.4 is 0 Å². The summed E-state index contributed by atoms with van der Waals surface area (Å²) in [6.45, 7) is 5.30. The average molecular weight is 278 g/mol. The summed E-state index contributed by atoms with van der Waals surface area (Å²) >= 11 is 0. The fraction of sp³-hybridized carbons (Fsp3) is 0.316. The van der Waals surface area contributed by atoms with Crippen LogP contribution in [0.1, 0.15) is 30.3 Å². The normalized spacial score (nSPS) is 15.8. The Morgan fingerprint density at radius 2 is 1.90 bits per heavy atom. The number of aromatic nitrogens is 1. The summed E-state index contributed by atoms with van der Waals surface area (Å²) in [5.74, 6) is 0. The Morgan fingerprint density at radius 3 is 2.71 bits per heavy atom. The third kappa shape index (κ3) is 3.59. The van der Waals surface area contributed by atoms with Gasteiger partial charge in [0, 0.05) is 25.3 Å². The van der Waals surface area contributed by atoms with E-state index in [1.807, 2.05) is 0 Å². The topological polar surface area (TPSA) is 16.1 Å². The van der Waals surface area contributed by atoms with Crippen LogP contribution in [0.4, 0.5) is 0 Å². The van der Waals surface area contributed by atoms with Crippen LogP contribution >= 0.6 is 0 Å². The minimum absolute atomic E-state index is 0.995. The second kappa shape index (κ2) is 6.68. The van der Waals surface area contributed by atoms with Crippen LogP contribution in [0.15, 0.2) is 54.6 Å². The lowest BCUT2D eigenvalue weighted by molar-refractivity contribution is 0.296. The number of nitrogens with zero attached hydrogens (tertiary/aromatic N) is 2. The second-order valence-corrected chi connectivity index (χ2v) is 5.58. The molecule has 108 valence electrons. The molecule has 1 aliphatic heterocycles. The average Bonchev–Trinajstić information content (AvgIpc) is 2.56. The van der Waals surface area contributed by atoms with Crippen molar-refractivity contribution in [2.24, 2.45) is 0 Å². The Labute approximate surface area is 127 Å². The van der Waals surface area contributed by atoms with Crippen LogP contribution in [0.3, 0.4) is 0 Å². The highest BCUT2D eigenvalue weighted by atomic mass is 15.1. The number of benzene rings is 1. The minimum Gasteiger partial charge on any atom is -0.294 e. The van der Waals surface area contributed by atoms with E-state index in [-0.39, 0.29) is 0 Å². The highest BCUT2D eigenvalue weighted by Crippen LogP contribution is 2.21. The van der Waals surface area contributed by atoms with Crippen molar-refractivity contribution in [2.75, 3.05) is 13.1 Å². The van der Waals surface area contributed by atoms with Crippen molar-refractivity contribution in [3.63, 3.8) is 0 Å². The number of aryl methyl sites for hydroxylation is 1. The molecule has 0 saturated carbocycles. The zero-order chi connectivity index (χ0) is 14.5. The molecule has 0 radical (unpaired) electrons. The van der Waals surface area contributed by atoms with Gasteiger partial charge in [0.15, 0.2) is 0 Å². The molecular formula is C19H22N2. The second-order valence-electron chi connectivity index (χ2n) is 5.58. The van der Waals surface area contributed by atoms with Crippen molar-refractivity contribution >= 4 is 5.57 Å². The molecule has 3 rings (SSSR count). The first-order valence-corrected chi connectivity index (χ1v) is 7.77. The lowest BCUT2D eigenvalue weighted by Crippen LogP contribution is -2.29. The van der Waals surface area contributed by atoms with E-state index in [0.717, 1.165) is 38.2 Å². The van der Waals surface area contributed by atoms with Gasteiger partial charge in [0.05, 0.1) is 5.69 Å². The molecule has 0 atom stereocenters. The van der Waals surface area contributed by atoms with Gasteiger partial charge in [0.1, 0.15) is 0 Å². The zero-order valence-electron chi connectivity index (χ0n) is 12.6. The molecule has 0 N–H and O–H groups in total. The summed E-state index contributed by atoms with van der Waals surface area (Å²) in [7, 11) is 0. The predicted molar refractivity (Wildman–Crippen MR) is 87.9 cm³/mol.